The zero-order valence-electron chi connectivity index (χ0n) is 11.0. The maximum atomic E-state index is 10.3. The molecule has 0 bridgehead atoms. The number of carbonyl (C=O) groups is 1. The van der Waals surface area contributed by atoms with Crippen molar-refractivity contribution >= 4 is 5.97 Å². The number of carboxylic acid groups (broad SMARTS) is 1. The summed E-state index contributed by atoms with van der Waals surface area (Å²) in [6, 6.07) is 0.522. The predicted molar refractivity (Wildman–Crippen MR) is 70.0 cm³/mol. The van der Waals surface area contributed by atoms with E-state index in [1.807, 2.05) is 0 Å². The van der Waals surface area contributed by atoms with Gasteiger partial charge in [-0.3, -0.25) is 0 Å². The van der Waals surface area contributed by atoms with Crippen molar-refractivity contribution in [3.8, 4) is 0 Å². The molecule has 2 N–H and O–H groups in total. The van der Waals surface area contributed by atoms with Crippen LogP contribution in [0.4, 0.5) is 0 Å². The average molecular weight is 237 g/mol. The minimum atomic E-state index is -0.857. The summed E-state index contributed by atoms with van der Waals surface area (Å²) in [5, 5.41) is 12.0. The van der Waals surface area contributed by atoms with E-state index in [2.05, 4.69) is 26.1 Å². The fourth-order valence-electron chi connectivity index (χ4n) is 2.21. The van der Waals surface area contributed by atoms with E-state index < -0.39 is 5.97 Å². The molecule has 2 unspecified atom stereocenters. The summed E-state index contributed by atoms with van der Waals surface area (Å²) in [5.41, 5.74) is 2.95. The first-order valence-electron chi connectivity index (χ1n) is 6.29. The van der Waals surface area contributed by atoms with Crippen LogP contribution in [0.5, 0.6) is 0 Å². The fraction of sp³-hybridized carbons (Fsp3) is 0.643. The maximum Gasteiger partial charge on any atom is 0.327 e. The Kier molecular flexibility index (Phi) is 5.42. The maximum absolute atomic E-state index is 10.3. The van der Waals surface area contributed by atoms with Crippen molar-refractivity contribution in [3.63, 3.8) is 0 Å². The molecule has 0 fully saturated rings. The summed E-state index contributed by atoms with van der Waals surface area (Å²) in [6.45, 7) is 7.64. The number of nitrogens with one attached hydrogen (secondary N) is 1. The van der Waals surface area contributed by atoms with Crippen molar-refractivity contribution in [1.82, 2.24) is 5.32 Å². The largest absolute Gasteiger partial charge is 0.478 e. The molecular formula is C14H23NO2. The van der Waals surface area contributed by atoms with Crippen molar-refractivity contribution in [3.05, 3.63) is 23.3 Å². The molecule has 1 aliphatic heterocycles. The summed E-state index contributed by atoms with van der Waals surface area (Å²) >= 11 is 0. The molecular weight excluding hydrogens is 214 g/mol. The quantitative estimate of drug-likeness (QED) is 0.551. The van der Waals surface area contributed by atoms with E-state index in [1.54, 1.807) is 6.08 Å². The average Bonchev–Trinajstić information content (AvgIpc) is 2.56. The van der Waals surface area contributed by atoms with E-state index in [-0.39, 0.29) is 0 Å². The molecule has 0 aromatic heterocycles. The molecule has 0 radical (unpaired) electrons. The highest BCUT2D eigenvalue weighted by Crippen LogP contribution is 2.23. The third-order valence-electron chi connectivity index (χ3n) is 3.53. The van der Waals surface area contributed by atoms with E-state index in [1.165, 1.54) is 17.2 Å². The Morgan fingerprint density at radius 2 is 2.29 bits per heavy atom. The Morgan fingerprint density at radius 3 is 2.82 bits per heavy atom. The lowest BCUT2D eigenvalue weighted by molar-refractivity contribution is -0.131. The first-order chi connectivity index (χ1) is 8.00. The topological polar surface area (TPSA) is 49.3 Å². The molecule has 1 aliphatic rings. The van der Waals surface area contributed by atoms with Crippen molar-refractivity contribution in [2.75, 3.05) is 6.54 Å². The number of hydrogen-bond donors (Lipinski definition) is 2. The van der Waals surface area contributed by atoms with Gasteiger partial charge in [-0.2, -0.15) is 0 Å². The van der Waals surface area contributed by atoms with Gasteiger partial charge in [0.15, 0.2) is 0 Å². The van der Waals surface area contributed by atoms with Gasteiger partial charge in [0.25, 0.3) is 0 Å². The van der Waals surface area contributed by atoms with E-state index in [0.717, 1.165) is 25.8 Å². The van der Waals surface area contributed by atoms with Gasteiger partial charge in [-0.1, -0.05) is 24.1 Å². The molecule has 3 heteroatoms. The van der Waals surface area contributed by atoms with Gasteiger partial charge in [0.05, 0.1) is 0 Å². The van der Waals surface area contributed by atoms with Gasteiger partial charge in [0.1, 0.15) is 0 Å². The fourth-order valence-corrected chi connectivity index (χ4v) is 2.21. The van der Waals surface area contributed by atoms with Crippen LogP contribution >= 0.6 is 0 Å². The standard InChI is InChI=1S/C14H23NO2/c1-10(6-4-5-7-14(16)17)8-13-12(3)11(2)9-15-13/h5,7,10,13,15H,4,6,8-9H2,1-3H3,(H,16,17). The van der Waals surface area contributed by atoms with E-state index in [0.29, 0.717) is 12.0 Å². The second-order valence-corrected chi connectivity index (χ2v) is 5.06. The molecule has 17 heavy (non-hydrogen) atoms. The number of rotatable bonds is 6. The first kappa shape index (κ1) is 14.0. The van der Waals surface area contributed by atoms with Crippen LogP contribution in [-0.2, 0) is 4.79 Å². The van der Waals surface area contributed by atoms with Gasteiger partial charge in [-0.15, -0.1) is 0 Å². The smallest absolute Gasteiger partial charge is 0.327 e. The zero-order valence-corrected chi connectivity index (χ0v) is 11.0. The van der Waals surface area contributed by atoms with E-state index in [9.17, 15) is 4.79 Å². The Balaban J connectivity index is 2.26. The Bertz CT molecular complexity index is 331. The summed E-state index contributed by atoms with van der Waals surface area (Å²) in [5.74, 6) is -0.240. The molecule has 0 aliphatic carbocycles. The highest BCUT2D eigenvalue weighted by Gasteiger charge is 2.20. The highest BCUT2D eigenvalue weighted by molar-refractivity contribution is 5.79. The van der Waals surface area contributed by atoms with Crippen LogP contribution in [0.15, 0.2) is 23.3 Å². The van der Waals surface area contributed by atoms with Gasteiger partial charge >= 0.3 is 5.97 Å². The molecule has 0 amide bonds. The summed E-state index contributed by atoms with van der Waals surface area (Å²) < 4.78 is 0. The van der Waals surface area contributed by atoms with Gasteiger partial charge in [-0.25, -0.2) is 4.79 Å². The Labute approximate surface area is 104 Å². The van der Waals surface area contributed by atoms with Gasteiger partial charge < -0.3 is 10.4 Å². The second-order valence-electron chi connectivity index (χ2n) is 5.06. The van der Waals surface area contributed by atoms with Crippen LogP contribution in [0.3, 0.4) is 0 Å². The molecule has 0 spiro atoms. The molecule has 0 aromatic rings. The third kappa shape index (κ3) is 4.73. The molecule has 0 saturated carbocycles. The molecule has 96 valence electrons. The van der Waals surface area contributed by atoms with Crippen molar-refractivity contribution in [2.45, 2.75) is 46.1 Å². The number of hydrogen-bond acceptors (Lipinski definition) is 2. The van der Waals surface area contributed by atoms with Crippen molar-refractivity contribution in [2.24, 2.45) is 5.92 Å². The lowest BCUT2D eigenvalue weighted by Crippen LogP contribution is -2.26. The second kappa shape index (κ2) is 6.60. The SMILES string of the molecule is CC1=C(C)C(CC(C)CCC=CC(=O)O)NC1. The van der Waals surface area contributed by atoms with Gasteiger partial charge in [0.2, 0.25) is 0 Å². The van der Waals surface area contributed by atoms with Crippen LogP contribution in [-0.4, -0.2) is 23.7 Å². The monoisotopic (exact) mass is 237 g/mol. The molecule has 0 aromatic carbocycles. The van der Waals surface area contributed by atoms with Gasteiger partial charge in [-0.05, 0) is 39.0 Å². The first-order valence-corrected chi connectivity index (χ1v) is 6.29. The minimum Gasteiger partial charge on any atom is -0.478 e. The van der Waals surface area contributed by atoms with E-state index in [4.69, 9.17) is 5.11 Å². The summed E-state index contributed by atoms with van der Waals surface area (Å²) in [6.07, 6.45) is 6.02. The van der Waals surface area contributed by atoms with Crippen molar-refractivity contribution < 1.29 is 9.90 Å². The van der Waals surface area contributed by atoms with E-state index >= 15 is 0 Å². The van der Waals surface area contributed by atoms with Crippen LogP contribution in [0, 0.1) is 5.92 Å². The Hall–Kier alpha value is -1.09. The number of aliphatic carboxylic acids is 1. The third-order valence-corrected chi connectivity index (χ3v) is 3.53. The van der Waals surface area contributed by atoms with Crippen LogP contribution in [0.25, 0.3) is 0 Å². The van der Waals surface area contributed by atoms with Crippen LogP contribution in [0.1, 0.15) is 40.0 Å². The van der Waals surface area contributed by atoms with Crippen LogP contribution < -0.4 is 5.32 Å². The molecule has 0 saturated heterocycles. The molecule has 1 heterocycles. The molecule has 2 atom stereocenters. The highest BCUT2D eigenvalue weighted by atomic mass is 16.4. The zero-order chi connectivity index (χ0) is 12.8. The minimum absolute atomic E-state index is 0.522. The number of carboxylic acids is 1. The normalized spacial score (nSPS) is 22.4. The molecule has 1 rings (SSSR count). The Morgan fingerprint density at radius 1 is 1.59 bits per heavy atom. The number of allylic oxidation sites excluding steroid dienone is 1. The predicted octanol–water partition coefficient (Wildman–Crippen LogP) is 2.74. The molecule has 3 nitrogen and oxygen atoms in total. The van der Waals surface area contributed by atoms with Crippen molar-refractivity contribution in [1.29, 1.82) is 0 Å². The lowest BCUT2D eigenvalue weighted by atomic mass is 9.93. The summed E-state index contributed by atoms with van der Waals surface area (Å²) in [4.78, 5) is 10.3. The van der Waals surface area contributed by atoms with Crippen LogP contribution in [0.2, 0.25) is 0 Å². The lowest BCUT2D eigenvalue weighted by Gasteiger charge is -2.18. The van der Waals surface area contributed by atoms with Gasteiger partial charge in [0, 0.05) is 18.7 Å². The summed E-state index contributed by atoms with van der Waals surface area (Å²) in [7, 11) is 0.